The van der Waals surface area contributed by atoms with Crippen LogP contribution in [-0.4, -0.2) is 23.1 Å². The van der Waals surface area contributed by atoms with Gasteiger partial charge in [0.05, 0.1) is 0 Å². The highest BCUT2D eigenvalue weighted by atomic mass is 15.2. The van der Waals surface area contributed by atoms with E-state index in [1.54, 1.807) is 0 Å². The number of nitrogens with zero attached hydrogens (tertiary/aromatic N) is 3. The minimum atomic E-state index is 0.571. The summed E-state index contributed by atoms with van der Waals surface area (Å²) in [7, 11) is 0. The maximum absolute atomic E-state index is 5.80. The third kappa shape index (κ3) is 3.12. The first kappa shape index (κ1) is 13.1. The van der Waals surface area contributed by atoms with Crippen molar-refractivity contribution in [2.24, 2.45) is 11.8 Å². The van der Waals surface area contributed by atoms with Crippen molar-refractivity contribution in [2.75, 3.05) is 23.7 Å². The highest BCUT2D eigenvalue weighted by Gasteiger charge is 2.20. The van der Waals surface area contributed by atoms with Gasteiger partial charge in [0.25, 0.3) is 0 Å². The molecule has 1 saturated heterocycles. The SMILES string of the molecule is Cc1nc(N)cc(N2CCCC(C(C)C)CC2)n1. The fourth-order valence-corrected chi connectivity index (χ4v) is 2.75. The van der Waals surface area contributed by atoms with Crippen molar-refractivity contribution in [1.82, 2.24) is 9.97 Å². The van der Waals surface area contributed by atoms with Crippen molar-refractivity contribution in [3.8, 4) is 0 Å². The van der Waals surface area contributed by atoms with E-state index in [1.807, 2.05) is 13.0 Å². The van der Waals surface area contributed by atoms with Gasteiger partial charge in [-0.2, -0.15) is 0 Å². The third-order valence-electron chi connectivity index (χ3n) is 3.88. The molecule has 0 bridgehead atoms. The minimum Gasteiger partial charge on any atom is -0.384 e. The molecule has 0 saturated carbocycles. The number of aryl methyl sites for hydroxylation is 1. The standard InChI is InChI=1S/C14H24N4/c1-10(2)12-5-4-7-18(8-6-12)14-9-13(15)16-11(3)17-14/h9-10,12H,4-8H2,1-3H3,(H2,15,16,17). The van der Waals surface area contributed by atoms with Crippen molar-refractivity contribution in [1.29, 1.82) is 0 Å². The van der Waals surface area contributed by atoms with E-state index in [-0.39, 0.29) is 0 Å². The predicted molar refractivity (Wildman–Crippen MR) is 75.6 cm³/mol. The number of nitrogen functional groups attached to an aromatic ring is 1. The van der Waals surface area contributed by atoms with Crippen molar-refractivity contribution in [2.45, 2.75) is 40.0 Å². The van der Waals surface area contributed by atoms with Crippen LogP contribution in [0.5, 0.6) is 0 Å². The summed E-state index contributed by atoms with van der Waals surface area (Å²) >= 11 is 0. The van der Waals surface area contributed by atoms with Crippen LogP contribution in [0.4, 0.5) is 11.6 Å². The second-order valence-corrected chi connectivity index (χ2v) is 5.62. The summed E-state index contributed by atoms with van der Waals surface area (Å²) in [5.74, 6) is 3.94. The second kappa shape index (κ2) is 5.55. The fraction of sp³-hybridized carbons (Fsp3) is 0.714. The Balaban J connectivity index is 2.09. The van der Waals surface area contributed by atoms with Gasteiger partial charge in [-0.3, -0.25) is 0 Å². The van der Waals surface area contributed by atoms with Gasteiger partial charge in [0.2, 0.25) is 0 Å². The summed E-state index contributed by atoms with van der Waals surface area (Å²) in [5.41, 5.74) is 5.80. The molecule has 0 amide bonds. The van der Waals surface area contributed by atoms with E-state index < -0.39 is 0 Å². The van der Waals surface area contributed by atoms with Crippen LogP contribution in [0.25, 0.3) is 0 Å². The van der Waals surface area contributed by atoms with Crippen LogP contribution in [0, 0.1) is 18.8 Å². The second-order valence-electron chi connectivity index (χ2n) is 5.62. The predicted octanol–water partition coefficient (Wildman–Crippen LogP) is 2.63. The smallest absolute Gasteiger partial charge is 0.134 e. The highest BCUT2D eigenvalue weighted by Crippen LogP contribution is 2.26. The van der Waals surface area contributed by atoms with Crippen LogP contribution in [-0.2, 0) is 0 Å². The minimum absolute atomic E-state index is 0.571. The van der Waals surface area contributed by atoms with Gasteiger partial charge in [0.1, 0.15) is 17.5 Å². The molecule has 2 rings (SSSR count). The van der Waals surface area contributed by atoms with Gasteiger partial charge in [-0.25, -0.2) is 9.97 Å². The van der Waals surface area contributed by atoms with Gasteiger partial charge in [-0.05, 0) is 38.0 Å². The van der Waals surface area contributed by atoms with E-state index in [2.05, 4.69) is 28.7 Å². The molecule has 1 aliphatic heterocycles. The third-order valence-corrected chi connectivity index (χ3v) is 3.88. The van der Waals surface area contributed by atoms with Crippen molar-refractivity contribution >= 4 is 11.6 Å². The molecule has 2 N–H and O–H groups in total. The zero-order valence-electron chi connectivity index (χ0n) is 11.7. The van der Waals surface area contributed by atoms with Crippen molar-refractivity contribution < 1.29 is 0 Å². The van der Waals surface area contributed by atoms with Gasteiger partial charge < -0.3 is 10.6 Å². The molecular weight excluding hydrogens is 224 g/mol. The molecule has 1 unspecified atom stereocenters. The van der Waals surface area contributed by atoms with Crippen molar-refractivity contribution in [3.63, 3.8) is 0 Å². The zero-order chi connectivity index (χ0) is 13.1. The van der Waals surface area contributed by atoms with E-state index in [0.717, 1.165) is 36.6 Å². The topological polar surface area (TPSA) is 55.0 Å². The Hall–Kier alpha value is -1.32. The summed E-state index contributed by atoms with van der Waals surface area (Å²) in [6.07, 6.45) is 3.82. The number of nitrogens with two attached hydrogens (primary N) is 1. The molecule has 2 heterocycles. The van der Waals surface area contributed by atoms with Crippen LogP contribution in [0.3, 0.4) is 0 Å². The van der Waals surface area contributed by atoms with E-state index in [4.69, 9.17) is 5.73 Å². The summed E-state index contributed by atoms with van der Waals surface area (Å²) in [6, 6.07) is 1.89. The summed E-state index contributed by atoms with van der Waals surface area (Å²) < 4.78 is 0. The number of hydrogen-bond acceptors (Lipinski definition) is 4. The number of anilines is 2. The van der Waals surface area contributed by atoms with Gasteiger partial charge in [-0.15, -0.1) is 0 Å². The Labute approximate surface area is 110 Å². The first-order valence-electron chi connectivity index (χ1n) is 6.92. The molecule has 0 radical (unpaired) electrons. The zero-order valence-corrected chi connectivity index (χ0v) is 11.7. The quantitative estimate of drug-likeness (QED) is 0.874. The summed E-state index contributed by atoms with van der Waals surface area (Å²) in [5, 5.41) is 0. The van der Waals surface area contributed by atoms with Gasteiger partial charge in [0, 0.05) is 19.2 Å². The first-order chi connectivity index (χ1) is 8.56. The lowest BCUT2D eigenvalue weighted by molar-refractivity contribution is 0.351. The molecule has 100 valence electrons. The number of aromatic nitrogens is 2. The van der Waals surface area contributed by atoms with Crippen LogP contribution in [0.1, 0.15) is 38.9 Å². The molecule has 1 aliphatic rings. The number of rotatable bonds is 2. The van der Waals surface area contributed by atoms with E-state index in [0.29, 0.717) is 5.82 Å². The average Bonchev–Trinajstić information content (AvgIpc) is 2.52. The Bertz CT molecular complexity index is 383. The van der Waals surface area contributed by atoms with E-state index in [9.17, 15) is 0 Å². The summed E-state index contributed by atoms with van der Waals surface area (Å²) in [4.78, 5) is 11.0. The molecule has 1 atom stereocenters. The molecular formula is C14H24N4. The fourth-order valence-electron chi connectivity index (χ4n) is 2.75. The molecule has 0 aromatic carbocycles. The molecule has 18 heavy (non-hydrogen) atoms. The van der Waals surface area contributed by atoms with Crippen molar-refractivity contribution in [3.05, 3.63) is 11.9 Å². The van der Waals surface area contributed by atoms with Crippen LogP contribution in [0.15, 0.2) is 6.07 Å². The van der Waals surface area contributed by atoms with Crippen LogP contribution in [0.2, 0.25) is 0 Å². The van der Waals surface area contributed by atoms with Crippen LogP contribution >= 0.6 is 0 Å². The Kier molecular flexibility index (Phi) is 4.04. The number of hydrogen-bond donors (Lipinski definition) is 1. The highest BCUT2D eigenvalue weighted by molar-refractivity contribution is 5.46. The molecule has 1 fully saturated rings. The van der Waals surface area contributed by atoms with Crippen LogP contribution < -0.4 is 10.6 Å². The van der Waals surface area contributed by atoms with E-state index >= 15 is 0 Å². The maximum atomic E-state index is 5.80. The average molecular weight is 248 g/mol. The summed E-state index contributed by atoms with van der Waals surface area (Å²) in [6.45, 7) is 8.72. The Morgan fingerprint density at radius 1 is 1.28 bits per heavy atom. The van der Waals surface area contributed by atoms with Gasteiger partial charge in [-0.1, -0.05) is 13.8 Å². The molecule has 1 aromatic rings. The molecule has 0 spiro atoms. The molecule has 0 aliphatic carbocycles. The lowest BCUT2D eigenvalue weighted by atomic mass is 9.89. The maximum Gasteiger partial charge on any atom is 0.134 e. The lowest BCUT2D eigenvalue weighted by Gasteiger charge is -2.22. The molecule has 1 aromatic heterocycles. The first-order valence-corrected chi connectivity index (χ1v) is 6.92. The monoisotopic (exact) mass is 248 g/mol. The lowest BCUT2D eigenvalue weighted by Crippen LogP contribution is -2.26. The van der Waals surface area contributed by atoms with Gasteiger partial charge in [0.15, 0.2) is 0 Å². The Morgan fingerprint density at radius 2 is 2.06 bits per heavy atom. The molecule has 4 heteroatoms. The normalized spacial score (nSPS) is 21.1. The van der Waals surface area contributed by atoms with E-state index in [1.165, 1.54) is 19.3 Å². The molecule has 4 nitrogen and oxygen atoms in total. The largest absolute Gasteiger partial charge is 0.384 e. The van der Waals surface area contributed by atoms with Gasteiger partial charge >= 0.3 is 0 Å². The Morgan fingerprint density at radius 3 is 2.72 bits per heavy atom.